The fourth-order valence-corrected chi connectivity index (χ4v) is 2.58. The molecule has 4 heteroatoms. The van der Waals surface area contributed by atoms with Gasteiger partial charge in [0.1, 0.15) is 23.4 Å². The van der Waals surface area contributed by atoms with Crippen molar-refractivity contribution in [2.45, 2.75) is 6.10 Å². The van der Waals surface area contributed by atoms with E-state index in [9.17, 15) is 9.50 Å². The Balaban J connectivity index is 1.99. The third kappa shape index (κ3) is 2.98. The molecule has 0 aliphatic rings. The molecular weight excluding hydrogens is 295 g/mol. The molecule has 0 heterocycles. The molecule has 0 radical (unpaired) electrons. The van der Waals surface area contributed by atoms with E-state index in [1.165, 1.54) is 19.2 Å². The predicted octanol–water partition coefficient (Wildman–Crippen LogP) is 4.08. The van der Waals surface area contributed by atoms with Gasteiger partial charge in [0.15, 0.2) is 0 Å². The third-order valence-corrected chi connectivity index (χ3v) is 3.89. The van der Waals surface area contributed by atoms with Crippen LogP contribution in [0.5, 0.6) is 11.5 Å². The van der Waals surface area contributed by atoms with Crippen LogP contribution in [0.15, 0.2) is 54.6 Å². The normalized spacial score (nSPS) is 12.2. The second-order valence-corrected chi connectivity index (χ2v) is 5.26. The molecule has 0 amide bonds. The smallest absolute Gasteiger partial charge is 0.133 e. The summed E-state index contributed by atoms with van der Waals surface area (Å²) in [7, 11) is 3.09. The van der Waals surface area contributed by atoms with Gasteiger partial charge in [-0.15, -0.1) is 0 Å². The summed E-state index contributed by atoms with van der Waals surface area (Å²) in [5, 5.41) is 12.4. The number of fused-ring (bicyclic) bond motifs is 1. The lowest BCUT2D eigenvalue weighted by atomic mass is 9.98. The summed E-state index contributed by atoms with van der Waals surface area (Å²) in [6, 6.07) is 15.6. The summed E-state index contributed by atoms with van der Waals surface area (Å²) in [6.07, 6.45) is -1.03. The van der Waals surface area contributed by atoms with Crippen molar-refractivity contribution in [3.05, 3.63) is 71.5 Å². The Morgan fingerprint density at radius 2 is 1.43 bits per heavy atom. The van der Waals surface area contributed by atoms with Crippen LogP contribution in [0.3, 0.4) is 0 Å². The van der Waals surface area contributed by atoms with Crippen LogP contribution in [-0.4, -0.2) is 19.3 Å². The molecule has 0 aliphatic carbocycles. The number of ether oxygens (including phenoxy) is 2. The molecule has 0 aliphatic heterocycles. The molecule has 0 unspecified atom stereocenters. The van der Waals surface area contributed by atoms with Gasteiger partial charge in [-0.25, -0.2) is 4.39 Å². The molecule has 0 saturated carbocycles. The Kier molecular flexibility index (Phi) is 4.17. The first-order valence-corrected chi connectivity index (χ1v) is 7.21. The minimum Gasteiger partial charge on any atom is -0.497 e. The number of benzene rings is 3. The van der Waals surface area contributed by atoms with Gasteiger partial charge in [0.25, 0.3) is 0 Å². The monoisotopic (exact) mass is 312 g/mol. The van der Waals surface area contributed by atoms with Gasteiger partial charge in [0.05, 0.1) is 14.2 Å². The average molecular weight is 312 g/mol. The average Bonchev–Trinajstić information content (AvgIpc) is 2.60. The number of aliphatic hydroxyl groups is 1. The van der Waals surface area contributed by atoms with Crippen LogP contribution in [0.1, 0.15) is 17.2 Å². The van der Waals surface area contributed by atoms with E-state index in [-0.39, 0.29) is 5.56 Å². The van der Waals surface area contributed by atoms with Crippen LogP contribution in [0.25, 0.3) is 10.8 Å². The second-order valence-electron chi connectivity index (χ2n) is 5.26. The highest BCUT2D eigenvalue weighted by Crippen LogP contribution is 2.30. The fourth-order valence-electron chi connectivity index (χ4n) is 2.58. The molecule has 0 spiro atoms. The highest BCUT2D eigenvalue weighted by molar-refractivity contribution is 5.84. The number of hydrogen-bond acceptors (Lipinski definition) is 3. The fraction of sp³-hybridized carbons (Fsp3) is 0.158. The quantitative estimate of drug-likeness (QED) is 0.789. The van der Waals surface area contributed by atoms with Gasteiger partial charge < -0.3 is 14.6 Å². The van der Waals surface area contributed by atoms with Crippen molar-refractivity contribution in [2.24, 2.45) is 0 Å². The van der Waals surface area contributed by atoms with E-state index in [0.29, 0.717) is 11.3 Å². The van der Waals surface area contributed by atoms with Gasteiger partial charge in [0, 0.05) is 11.6 Å². The summed E-state index contributed by atoms with van der Waals surface area (Å²) in [5.74, 6) is 0.697. The number of rotatable bonds is 4. The lowest BCUT2D eigenvalue weighted by Crippen LogP contribution is -2.03. The molecular formula is C19H17FO3. The van der Waals surface area contributed by atoms with Crippen LogP contribution in [0.4, 0.5) is 4.39 Å². The lowest BCUT2D eigenvalue weighted by molar-refractivity contribution is 0.215. The Labute approximate surface area is 133 Å². The van der Waals surface area contributed by atoms with Crippen molar-refractivity contribution in [3.8, 4) is 11.5 Å². The van der Waals surface area contributed by atoms with Gasteiger partial charge in [-0.05, 0) is 46.7 Å². The first-order chi connectivity index (χ1) is 11.1. The van der Waals surface area contributed by atoms with Crippen LogP contribution >= 0.6 is 0 Å². The van der Waals surface area contributed by atoms with Gasteiger partial charge in [-0.1, -0.05) is 18.2 Å². The maximum atomic E-state index is 14.1. The molecule has 3 rings (SSSR count). The maximum absolute atomic E-state index is 14.1. The molecule has 0 fully saturated rings. The Morgan fingerprint density at radius 1 is 0.826 bits per heavy atom. The predicted molar refractivity (Wildman–Crippen MR) is 87.5 cm³/mol. The van der Waals surface area contributed by atoms with E-state index >= 15 is 0 Å². The summed E-state index contributed by atoms with van der Waals surface area (Å²) < 4.78 is 24.3. The zero-order valence-electron chi connectivity index (χ0n) is 12.9. The van der Waals surface area contributed by atoms with Gasteiger partial charge in [-0.2, -0.15) is 0 Å². The van der Waals surface area contributed by atoms with Gasteiger partial charge >= 0.3 is 0 Å². The standard InChI is InChI=1S/C19H17FO3/c1-22-15-6-5-12-9-14(4-3-13(12)10-15)19(21)17-8-7-16(23-2)11-18(17)20/h3-11,19,21H,1-2H3/t19-/m0/s1. The summed E-state index contributed by atoms with van der Waals surface area (Å²) in [6.45, 7) is 0. The summed E-state index contributed by atoms with van der Waals surface area (Å²) in [4.78, 5) is 0. The molecule has 3 aromatic carbocycles. The highest BCUT2D eigenvalue weighted by atomic mass is 19.1. The molecule has 118 valence electrons. The highest BCUT2D eigenvalue weighted by Gasteiger charge is 2.16. The number of aliphatic hydroxyl groups excluding tert-OH is 1. The topological polar surface area (TPSA) is 38.7 Å². The van der Waals surface area contributed by atoms with Crippen LogP contribution in [0, 0.1) is 5.82 Å². The zero-order chi connectivity index (χ0) is 16.4. The molecule has 0 saturated heterocycles. The molecule has 0 bridgehead atoms. The van der Waals surface area contributed by atoms with E-state index in [1.807, 2.05) is 30.3 Å². The number of halogens is 1. The van der Waals surface area contributed by atoms with Gasteiger partial charge in [-0.3, -0.25) is 0 Å². The first kappa shape index (κ1) is 15.3. The number of methoxy groups -OCH3 is 2. The number of hydrogen-bond donors (Lipinski definition) is 1. The van der Waals surface area contributed by atoms with Crippen molar-refractivity contribution in [1.82, 2.24) is 0 Å². The van der Waals surface area contributed by atoms with E-state index in [4.69, 9.17) is 9.47 Å². The summed E-state index contributed by atoms with van der Waals surface area (Å²) in [5.41, 5.74) is 0.852. The van der Waals surface area contributed by atoms with Crippen molar-refractivity contribution in [2.75, 3.05) is 14.2 Å². The van der Waals surface area contributed by atoms with Crippen molar-refractivity contribution in [3.63, 3.8) is 0 Å². The molecule has 23 heavy (non-hydrogen) atoms. The molecule has 1 N–H and O–H groups in total. The third-order valence-electron chi connectivity index (χ3n) is 3.89. The van der Waals surface area contributed by atoms with Crippen molar-refractivity contribution < 1.29 is 19.0 Å². The van der Waals surface area contributed by atoms with E-state index in [0.717, 1.165) is 16.5 Å². The van der Waals surface area contributed by atoms with Crippen LogP contribution in [-0.2, 0) is 0 Å². The van der Waals surface area contributed by atoms with Crippen molar-refractivity contribution >= 4 is 10.8 Å². The summed E-state index contributed by atoms with van der Waals surface area (Å²) >= 11 is 0. The molecule has 3 aromatic rings. The SMILES string of the molecule is COc1ccc([C@@H](O)c2ccc3cc(OC)ccc3c2)c(F)c1. The second kappa shape index (κ2) is 6.26. The minimum atomic E-state index is -1.03. The Morgan fingerprint density at radius 3 is 2.13 bits per heavy atom. The van der Waals surface area contributed by atoms with E-state index in [2.05, 4.69) is 0 Å². The molecule has 1 atom stereocenters. The first-order valence-electron chi connectivity index (χ1n) is 7.21. The van der Waals surface area contributed by atoms with Gasteiger partial charge in [0.2, 0.25) is 0 Å². The largest absolute Gasteiger partial charge is 0.497 e. The molecule has 3 nitrogen and oxygen atoms in total. The van der Waals surface area contributed by atoms with E-state index < -0.39 is 11.9 Å². The van der Waals surface area contributed by atoms with Crippen LogP contribution < -0.4 is 9.47 Å². The van der Waals surface area contributed by atoms with Crippen LogP contribution in [0.2, 0.25) is 0 Å². The Hall–Kier alpha value is -2.59. The van der Waals surface area contributed by atoms with E-state index in [1.54, 1.807) is 19.2 Å². The maximum Gasteiger partial charge on any atom is 0.133 e. The lowest BCUT2D eigenvalue weighted by Gasteiger charge is -2.14. The molecule has 0 aromatic heterocycles. The minimum absolute atomic E-state index is 0.221. The van der Waals surface area contributed by atoms with Crippen molar-refractivity contribution in [1.29, 1.82) is 0 Å². The Bertz CT molecular complexity index is 845. The zero-order valence-corrected chi connectivity index (χ0v) is 12.9.